The molecule has 0 saturated heterocycles. The van der Waals surface area contributed by atoms with Crippen LogP contribution in [0.15, 0.2) is 30.3 Å². The molecule has 0 spiro atoms. The standard InChI is InChI=1S/C13H19N3O3/c14-11(7-6-10-4-2-1-3-5-10)8-16(13(18)19)9-12(15)17/h1-5,11H,6-9,14H2,(H2,15,17)(H,18,19)/t11-/m1/s1. The fraction of sp³-hybridized carbons (Fsp3) is 0.385. The molecule has 19 heavy (non-hydrogen) atoms. The summed E-state index contributed by atoms with van der Waals surface area (Å²) in [5.41, 5.74) is 12.0. The number of hydrogen-bond donors (Lipinski definition) is 3. The Morgan fingerprint density at radius 2 is 1.89 bits per heavy atom. The lowest BCUT2D eigenvalue weighted by molar-refractivity contribution is -0.118. The largest absolute Gasteiger partial charge is 0.465 e. The van der Waals surface area contributed by atoms with Crippen molar-refractivity contribution in [1.29, 1.82) is 0 Å². The molecule has 0 bridgehead atoms. The molecule has 0 fully saturated rings. The molecule has 0 aliphatic carbocycles. The first-order chi connectivity index (χ1) is 8.99. The zero-order chi connectivity index (χ0) is 14.3. The molecule has 1 aromatic carbocycles. The summed E-state index contributed by atoms with van der Waals surface area (Å²) >= 11 is 0. The number of nitrogens with zero attached hydrogens (tertiary/aromatic N) is 1. The predicted octanol–water partition coefficient (Wildman–Crippen LogP) is 0.412. The van der Waals surface area contributed by atoms with Crippen molar-refractivity contribution in [2.24, 2.45) is 11.5 Å². The summed E-state index contributed by atoms with van der Waals surface area (Å²) in [5, 5.41) is 8.92. The van der Waals surface area contributed by atoms with Crippen LogP contribution in [0, 0.1) is 0 Å². The minimum Gasteiger partial charge on any atom is -0.465 e. The van der Waals surface area contributed by atoms with E-state index in [9.17, 15) is 9.59 Å². The van der Waals surface area contributed by atoms with Gasteiger partial charge in [-0.2, -0.15) is 0 Å². The third-order valence-electron chi connectivity index (χ3n) is 2.72. The third kappa shape index (κ3) is 5.87. The Morgan fingerprint density at radius 3 is 2.42 bits per heavy atom. The summed E-state index contributed by atoms with van der Waals surface area (Å²) < 4.78 is 0. The molecule has 6 heteroatoms. The van der Waals surface area contributed by atoms with Crippen molar-refractivity contribution in [3.8, 4) is 0 Å². The Hall–Kier alpha value is -2.08. The average Bonchev–Trinajstić information content (AvgIpc) is 2.36. The number of carboxylic acid groups (broad SMARTS) is 1. The van der Waals surface area contributed by atoms with Gasteiger partial charge in [0.1, 0.15) is 6.54 Å². The third-order valence-corrected chi connectivity index (χ3v) is 2.72. The molecule has 104 valence electrons. The molecule has 1 atom stereocenters. The van der Waals surface area contributed by atoms with E-state index in [0.717, 1.165) is 16.9 Å². The van der Waals surface area contributed by atoms with Gasteiger partial charge in [0.25, 0.3) is 0 Å². The summed E-state index contributed by atoms with van der Waals surface area (Å²) in [6, 6.07) is 9.48. The molecule has 6 nitrogen and oxygen atoms in total. The second-order valence-electron chi connectivity index (χ2n) is 4.41. The fourth-order valence-corrected chi connectivity index (χ4v) is 1.77. The molecule has 2 amide bonds. The zero-order valence-electron chi connectivity index (χ0n) is 10.7. The SMILES string of the molecule is NC(=O)CN(C[C@H](N)CCc1ccccc1)C(=O)O. The summed E-state index contributed by atoms with van der Waals surface area (Å²) in [4.78, 5) is 22.6. The van der Waals surface area contributed by atoms with E-state index in [4.69, 9.17) is 16.6 Å². The number of benzene rings is 1. The zero-order valence-corrected chi connectivity index (χ0v) is 10.7. The number of hydrogen-bond acceptors (Lipinski definition) is 3. The maximum atomic E-state index is 10.9. The highest BCUT2D eigenvalue weighted by molar-refractivity contribution is 5.80. The number of carbonyl (C=O) groups is 2. The molecule has 0 aliphatic heterocycles. The Labute approximate surface area is 112 Å². The van der Waals surface area contributed by atoms with Gasteiger partial charge in [-0.3, -0.25) is 9.69 Å². The Bertz CT molecular complexity index is 422. The summed E-state index contributed by atoms with van der Waals surface area (Å²) in [5.74, 6) is -0.683. The van der Waals surface area contributed by atoms with Crippen molar-refractivity contribution in [2.75, 3.05) is 13.1 Å². The maximum Gasteiger partial charge on any atom is 0.407 e. The van der Waals surface area contributed by atoms with Gasteiger partial charge in [-0.05, 0) is 18.4 Å². The van der Waals surface area contributed by atoms with Gasteiger partial charge in [0.15, 0.2) is 0 Å². The quantitative estimate of drug-likeness (QED) is 0.663. The molecule has 0 unspecified atom stereocenters. The minimum atomic E-state index is -1.19. The van der Waals surface area contributed by atoms with Crippen molar-refractivity contribution in [2.45, 2.75) is 18.9 Å². The van der Waals surface area contributed by atoms with E-state index in [1.165, 1.54) is 0 Å². The number of aryl methyl sites for hydroxylation is 1. The van der Waals surface area contributed by atoms with Crippen LogP contribution < -0.4 is 11.5 Å². The normalized spacial score (nSPS) is 11.8. The van der Waals surface area contributed by atoms with E-state index >= 15 is 0 Å². The van der Waals surface area contributed by atoms with E-state index in [2.05, 4.69) is 0 Å². The van der Waals surface area contributed by atoms with Gasteiger partial charge in [-0.25, -0.2) is 4.79 Å². The number of carbonyl (C=O) groups excluding carboxylic acids is 1. The van der Waals surface area contributed by atoms with Gasteiger partial charge < -0.3 is 16.6 Å². The average molecular weight is 265 g/mol. The molecule has 0 radical (unpaired) electrons. The van der Waals surface area contributed by atoms with Crippen LogP contribution >= 0.6 is 0 Å². The summed E-state index contributed by atoms with van der Waals surface area (Å²) in [7, 11) is 0. The lowest BCUT2D eigenvalue weighted by Gasteiger charge is -2.21. The second-order valence-corrected chi connectivity index (χ2v) is 4.41. The number of nitrogens with two attached hydrogens (primary N) is 2. The highest BCUT2D eigenvalue weighted by atomic mass is 16.4. The molecule has 0 saturated carbocycles. The lowest BCUT2D eigenvalue weighted by atomic mass is 10.1. The number of primary amides is 1. The van der Waals surface area contributed by atoms with Crippen LogP contribution in [-0.4, -0.2) is 41.1 Å². The van der Waals surface area contributed by atoms with Gasteiger partial charge in [-0.1, -0.05) is 30.3 Å². The van der Waals surface area contributed by atoms with Crippen molar-refractivity contribution >= 4 is 12.0 Å². The van der Waals surface area contributed by atoms with Crippen LogP contribution in [0.5, 0.6) is 0 Å². The van der Waals surface area contributed by atoms with E-state index in [1.807, 2.05) is 30.3 Å². The molecule has 0 heterocycles. The highest BCUT2D eigenvalue weighted by Gasteiger charge is 2.17. The Balaban J connectivity index is 2.42. The van der Waals surface area contributed by atoms with Crippen molar-refractivity contribution in [1.82, 2.24) is 4.90 Å². The summed E-state index contributed by atoms with van der Waals surface area (Å²) in [6.45, 7) is -0.223. The minimum absolute atomic E-state index is 0.102. The van der Waals surface area contributed by atoms with Crippen LogP contribution in [0.25, 0.3) is 0 Å². The molecular weight excluding hydrogens is 246 g/mol. The lowest BCUT2D eigenvalue weighted by Crippen LogP contribution is -2.44. The molecular formula is C13H19N3O3. The predicted molar refractivity (Wildman–Crippen MR) is 71.5 cm³/mol. The molecule has 1 aromatic rings. The van der Waals surface area contributed by atoms with E-state index in [-0.39, 0.29) is 19.1 Å². The first kappa shape index (κ1) is 15.0. The van der Waals surface area contributed by atoms with Gasteiger partial charge in [-0.15, -0.1) is 0 Å². The topological polar surface area (TPSA) is 110 Å². The van der Waals surface area contributed by atoms with Crippen LogP contribution in [0.1, 0.15) is 12.0 Å². The molecule has 1 rings (SSSR count). The van der Waals surface area contributed by atoms with E-state index in [1.54, 1.807) is 0 Å². The summed E-state index contributed by atoms with van der Waals surface area (Å²) in [6.07, 6.45) is 0.229. The van der Waals surface area contributed by atoms with Crippen molar-refractivity contribution in [3.05, 3.63) is 35.9 Å². The van der Waals surface area contributed by atoms with Gasteiger partial charge in [0.2, 0.25) is 5.91 Å². The second kappa shape index (κ2) is 7.38. The Morgan fingerprint density at radius 1 is 1.26 bits per heavy atom. The number of rotatable bonds is 7. The first-order valence-electron chi connectivity index (χ1n) is 6.04. The molecule has 0 aliphatic rings. The Kier molecular flexibility index (Phi) is 5.81. The van der Waals surface area contributed by atoms with Crippen molar-refractivity contribution < 1.29 is 14.7 Å². The monoisotopic (exact) mass is 265 g/mol. The molecule has 0 aromatic heterocycles. The maximum absolute atomic E-state index is 10.9. The van der Waals surface area contributed by atoms with E-state index in [0.29, 0.717) is 6.42 Å². The van der Waals surface area contributed by atoms with Crippen LogP contribution in [0.4, 0.5) is 4.79 Å². The van der Waals surface area contributed by atoms with Crippen molar-refractivity contribution in [3.63, 3.8) is 0 Å². The van der Waals surface area contributed by atoms with Crippen LogP contribution in [0.3, 0.4) is 0 Å². The van der Waals surface area contributed by atoms with Gasteiger partial charge in [0, 0.05) is 12.6 Å². The first-order valence-corrected chi connectivity index (χ1v) is 6.04. The van der Waals surface area contributed by atoms with Gasteiger partial charge >= 0.3 is 6.09 Å². The molecule has 5 N–H and O–H groups in total. The smallest absolute Gasteiger partial charge is 0.407 e. The van der Waals surface area contributed by atoms with Crippen LogP contribution in [-0.2, 0) is 11.2 Å². The van der Waals surface area contributed by atoms with Crippen LogP contribution in [0.2, 0.25) is 0 Å². The van der Waals surface area contributed by atoms with E-state index < -0.39 is 12.0 Å². The fourth-order valence-electron chi connectivity index (χ4n) is 1.77. The highest BCUT2D eigenvalue weighted by Crippen LogP contribution is 2.05. The number of amides is 2. The van der Waals surface area contributed by atoms with Gasteiger partial charge in [0.05, 0.1) is 0 Å².